The van der Waals surface area contributed by atoms with Crippen molar-refractivity contribution in [2.75, 3.05) is 6.54 Å². The molecule has 132 valence electrons. The van der Waals surface area contributed by atoms with E-state index in [1.807, 2.05) is 61.5 Å². The van der Waals surface area contributed by atoms with Gasteiger partial charge in [-0.3, -0.25) is 9.59 Å². The SMILES string of the molecule is CC(C)c1ccc(CNC(=O)C(=O)NC[C@H](C)c2ccccc2)cc1. The summed E-state index contributed by atoms with van der Waals surface area (Å²) in [6.45, 7) is 7.07. The van der Waals surface area contributed by atoms with Gasteiger partial charge in [-0.05, 0) is 28.5 Å². The lowest BCUT2D eigenvalue weighted by Gasteiger charge is -2.13. The van der Waals surface area contributed by atoms with Gasteiger partial charge in [0.2, 0.25) is 0 Å². The van der Waals surface area contributed by atoms with E-state index in [0.717, 1.165) is 11.1 Å². The van der Waals surface area contributed by atoms with Crippen LogP contribution in [0.2, 0.25) is 0 Å². The molecule has 2 rings (SSSR count). The Kier molecular flexibility index (Phi) is 6.75. The van der Waals surface area contributed by atoms with Crippen LogP contribution in [0, 0.1) is 0 Å². The van der Waals surface area contributed by atoms with Crippen molar-refractivity contribution in [2.45, 2.75) is 39.2 Å². The lowest BCUT2D eigenvalue weighted by atomic mass is 10.0. The molecule has 2 N–H and O–H groups in total. The van der Waals surface area contributed by atoms with Crippen molar-refractivity contribution in [1.82, 2.24) is 10.6 Å². The monoisotopic (exact) mass is 338 g/mol. The number of carbonyl (C=O) groups is 2. The molecular weight excluding hydrogens is 312 g/mol. The molecule has 0 heterocycles. The Morgan fingerprint density at radius 2 is 1.40 bits per heavy atom. The highest BCUT2D eigenvalue weighted by atomic mass is 16.2. The third-order valence-corrected chi connectivity index (χ3v) is 4.24. The number of hydrogen-bond acceptors (Lipinski definition) is 2. The Hall–Kier alpha value is -2.62. The molecule has 4 heteroatoms. The van der Waals surface area contributed by atoms with Crippen LogP contribution in [0.3, 0.4) is 0 Å². The first-order chi connectivity index (χ1) is 12.0. The zero-order valence-corrected chi connectivity index (χ0v) is 15.1. The van der Waals surface area contributed by atoms with E-state index in [9.17, 15) is 9.59 Å². The fourth-order valence-corrected chi connectivity index (χ4v) is 2.51. The highest BCUT2D eigenvalue weighted by Crippen LogP contribution is 2.14. The van der Waals surface area contributed by atoms with E-state index < -0.39 is 11.8 Å². The number of amides is 2. The number of hydrogen-bond donors (Lipinski definition) is 2. The fourth-order valence-electron chi connectivity index (χ4n) is 2.51. The summed E-state index contributed by atoms with van der Waals surface area (Å²) in [5.74, 6) is -0.572. The maximum Gasteiger partial charge on any atom is 0.309 e. The van der Waals surface area contributed by atoms with Crippen molar-refractivity contribution in [3.05, 3.63) is 71.3 Å². The zero-order chi connectivity index (χ0) is 18.2. The number of rotatable bonds is 6. The van der Waals surface area contributed by atoms with Crippen LogP contribution < -0.4 is 10.6 Å². The van der Waals surface area contributed by atoms with Crippen LogP contribution in [0.15, 0.2) is 54.6 Å². The molecule has 0 aromatic heterocycles. The first kappa shape index (κ1) is 18.7. The highest BCUT2D eigenvalue weighted by Gasteiger charge is 2.14. The second-order valence-corrected chi connectivity index (χ2v) is 6.60. The van der Waals surface area contributed by atoms with Gasteiger partial charge >= 0.3 is 11.8 Å². The predicted octanol–water partition coefficient (Wildman–Crippen LogP) is 3.35. The van der Waals surface area contributed by atoms with Gasteiger partial charge in [0, 0.05) is 13.1 Å². The van der Waals surface area contributed by atoms with Gasteiger partial charge in [0.1, 0.15) is 0 Å². The van der Waals surface area contributed by atoms with Gasteiger partial charge in [-0.15, -0.1) is 0 Å². The molecule has 2 aromatic carbocycles. The molecule has 2 amide bonds. The Labute approximate surface area is 149 Å². The highest BCUT2D eigenvalue weighted by molar-refractivity contribution is 6.35. The molecular formula is C21H26N2O2. The lowest BCUT2D eigenvalue weighted by Crippen LogP contribution is -2.40. The van der Waals surface area contributed by atoms with Crippen molar-refractivity contribution in [1.29, 1.82) is 0 Å². The normalized spacial score (nSPS) is 11.8. The summed E-state index contributed by atoms with van der Waals surface area (Å²) in [5, 5.41) is 5.35. The molecule has 0 spiro atoms. The molecule has 2 aromatic rings. The average molecular weight is 338 g/mol. The molecule has 0 saturated heterocycles. The summed E-state index contributed by atoms with van der Waals surface area (Å²) >= 11 is 0. The quantitative estimate of drug-likeness (QED) is 0.794. The standard InChI is InChI=1S/C21H26N2O2/c1-15(2)18-11-9-17(10-12-18)14-23-21(25)20(24)22-13-16(3)19-7-5-4-6-8-19/h4-12,15-16H,13-14H2,1-3H3,(H,22,24)(H,23,25)/t16-/m0/s1. The van der Waals surface area contributed by atoms with E-state index in [4.69, 9.17) is 0 Å². The summed E-state index contributed by atoms with van der Waals surface area (Å²) in [4.78, 5) is 23.8. The van der Waals surface area contributed by atoms with E-state index in [1.165, 1.54) is 5.56 Å². The Bertz CT molecular complexity index is 694. The molecule has 0 aliphatic rings. The van der Waals surface area contributed by atoms with E-state index in [2.05, 4.69) is 24.5 Å². The summed E-state index contributed by atoms with van der Waals surface area (Å²) < 4.78 is 0. The molecule has 25 heavy (non-hydrogen) atoms. The molecule has 0 saturated carbocycles. The molecule has 0 unspecified atom stereocenters. The van der Waals surface area contributed by atoms with Crippen LogP contribution in [0.4, 0.5) is 0 Å². The number of nitrogens with one attached hydrogen (secondary N) is 2. The van der Waals surface area contributed by atoms with E-state index in [0.29, 0.717) is 19.0 Å². The molecule has 0 aliphatic heterocycles. The second-order valence-electron chi connectivity index (χ2n) is 6.60. The molecule has 0 fully saturated rings. The van der Waals surface area contributed by atoms with Gasteiger partial charge in [-0.1, -0.05) is 75.4 Å². The van der Waals surface area contributed by atoms with E-state index in [-0.39, 0.29) is 5.92 Å². The van der Waals surface area contributed by atoms with Gasteiger partial charge in [-0.25, -0.2) is 0 Å². The largest absolute Gasteiger partial charge is 0.347 e. The lowest BCUT2D eigenvalue weighted by molar-refractivity contribution is -0.139. The van der Waals surface area contributed by atoms with Crippen molar-refractivity contribution >= 4 is 11.8 Å². The summed E-state index contributed by atoms with van der Waals surface area (Å²) in [7, 11) is 0. The van der Waals surface area contributed by atoms with Gasteiger partial charge in [0.05, 0.1) is 0 Å². The van der Waals surface area contributed by atoms with E-state index >= 15 is 0 Å². The summed E-state index contributed by atoms with van der Waals surface area (Å²) in [6.07, 6.45) is 0. The average Bonchev–Trinajstić information content (AvgIpc) is 2.64. The first-order valence-corrected chi connectivity index (χ1v) is 8.67. The van der Waals surface area contributed by atoms with Crippen molar-refractivity contribution in [3.8, 4) is 0 Å². The maximum atomic E-state index is 11.9. The van der Waals surface area contributed by atoms with Gasteiger partial charge in [0.15, 0.2) is 0 Å². The van der Waals surface area contributed by atoms with Gasteiger partial charge in [0.25, 0.3) is 0 Å². The minimum atomic E-state index is -0.604. The Morgan fingerprint density at radius 3 is 2.00 bits per heavy atom. The zero-order valence-electron chi connectivity index (χ0n) is 15.1. The Balaban J connectivity index is 1.77. The van der Waals surface area contributed by atoms with Crippen molar-refractivity contribution < 1.29 is 9.59 Å². The maximum absolute atomic E-state index is 11.9. The van der Waals surface area contributed by atoms with E-state index in [1.54, 1.807) is 0 Å². The third kappa shape index (κ3) is 5.75. The van der Waals surface area contributed by atoms with Crippen LogP contribution in [0.25, 0.3) is 0 Å². The predicted molar refractivity (Wildman–Crippen MR) is 100 cm³/mol. The minimum Gasteiger partial charge on any atom is -0.347 e. The minimum absolute atomic E-state index is 0.154. The number of carbonyl (C=O) groups excluding carboxylic acids is 2. The van der Waals surface area contributed by atoms with Crippen molar-refractivity contribution in [3.63, 3.8) is 0 Å². The van der Waals surface area contributed by atoms with Gasteiger partial charge < -0.3 is 10.6 Å². The van der Waals surface area contributed by atoms with Crippen molar-refractivity contribution in [2.24, 2.45) is 0 Å². The molecule has 4 nitrogen and oxygen atoms in total. The summed E-state index contributed by atoms with van der Waals surface area (Å²) in [6, 6.07) is 18.0. The number of benzene rings is 2. The van der Waals surface area contributed by atoms with Crippen LogP contribution >= 0.6 is 0 Å². The summed E-state index contributed by atoms with van der Waals surface area (Å²) in [5.41, 5.74) is 3.36. The second kappa shape index (κ2) is 9.02. The van der Waals surface area contributed by atoms with Crippen LogP contribution in [-0.4, -0.2) is 18.4 Å². The molecule has 0 aliphatic carbocycles. The van der Waals surface area contributed by atoms with Crippen LogP contribution in [0.5, 0.6) is 0 Å². The smallest absolute Gasteiger partial charge is 0.309 e. The molecule has 1 atom stereocenters. The van der Waals surface area contributed by atoms with Crippen LogP contribution in [0.1, 0.15) is 49.3 Å². The first-order valence-electron chi connectivity index (χ1n) is 8.67. The molecule has 0 bridgehead atoms. The Morgan fingerprint density at radius 1 is 0.800 bits per heavy atom. The fraction of sp³-hybridized carbons (Fsp3) is 0.333. The topological polar surface area (TPSA) is 58.2 Å². The van der Waals surface area contributed by atoms with Gasteiger partial charge in [-0.2, -0.15) is 0 Å². The third-order valence-electron chi connectivity index (χ3n) is 4.24. The van der Waals surface area contributed by atoms with Crippen LogP contribution in [-0.2, 0) is 16.1 Å². The molecule has 0 radical (unpaired) electrons.